The number of carbonyl (C=O) groups is 1. The number of rotatable bonds is 5. The molecule has 3 nitrogen and oxygen atoms in total. The maximum absolute atomic E-state index is 12.2. The highest BCUT2D eigenvalue weighted by molar-refractivity contribution is 5.92. The number of aliphatic hydroxyl groups excluding tert-OH is 1. The van der Waals surface area contributed by atoms with Gasteiger partial charge in [-0.15, -0.1) is 0 Å². The van der Waals surface area contributed by atoms with Gasteiger partial charge in [-0.25, -0.2) is 0 Å². The fourth-order valence-electron chi connectivity index (χ4n) is 2.82. The van der Waals surface area contributed by atoms with Crippen LogP contribution >= 0.6 is 0 Å². The Morgan fingerprint density at radius 1 is 1.04 bits per heavy atom. The van der Waals surface area contributed by atoms with Gasteiger partial charge < -0.3 is 10.4 Å². The highest BCUT2D eigenvalue weighted by Crippen LogP contribution is 2.20. The minimum Gasteiger partial charge on any atom is -0.394 e. The molecular formula is C22H21NO2. The molecule has 3 aromatic carbocycles. The molecule has 0 saturated heterocycles. The summed E-state index contributed by atoms with van der Waals surface area (Å²) < 4.78 is 0. The Bertz CT molecular complexity index is 915. The number of carbonyl (C=O) groups excluding carboxylic acids is 1. The molecule has 1 amide bonds. The molecule has 0 aliphatic heterocycles. The van der Waals surface area contributed by atoms with Crippen LogP contribution in [0.1, 0.15) is 22.7 Å². The van der Waals surface area contributed by atoms with E-state index < -0.39 is 6.04 Å². The summed E-state index contributed by atoms with van der Waals surface area (Å²) in [5.41, 5.74) is 3.01. The number of aliphatic hydroxyl groups is 1. The molecule has 2 N–H and O–H groups in total. The number of hydrogen-bond donors (Lipinski definition) is 2. The van der Waals surface area contributed by atoms with Crippen molar-refractivity contribution in [2.45, 2.75) is 13.0 Å². The van der Waals surface area contributed by atoms with Crippen molar-refractivity contribution in [1.82, 2.24) is 5.32 Å². The lowest BCUT2D eigenvalue weighted by Gasteiger charge is -2.16. The van der Waals surface area contributed by atoms with E-state index in [0.717, 1.165) is 27.5 Å². The molecule has 0 unspecified atom stereocenters. The van der Waals surface area contributed by atoms with E-state index in [-0.39, 0.29) is 12.5 Å². The molecule has 0 radical (unpaired) electrons. The van der Waals surface area contributed by atoms with Crippen molar-refractivity contribution < 1.29 is 9.90 Å². The van der Waals surface area contributed by atoms with Gasteiger partial charge in [0.15, 0.2) is 0 Å². The maximum atomic E-state index is 12.2. The number of fused-ring (bicyclic) bond motifs is 1. The molecular weight excluding hydrogens is 310 g/mol. The molecule has 126 valence electrons. The summed E-state index contributed by atoms with van der Waals surface area (Å²) in [5.74, 6) is -0.228. The molecule has 0 heterocycles. The Kier molecular flexibility index (Phi) is 5.26. The third-order valence-corrected chi connectivity index (χ3v) is 4.14. The molecule has 3 heteroatoms. The molecule has 3 rings (SSSR count). The quantitative estimate of drug-likeness (QED) is 0.694. The molecule has 3 aromatic rings. The van der Waals surface area contributed by atoms with Crippen LogP contribution in [0.25, 0.3) is 16.8 Å². The SMILES string of the molecule is Cc1cccc(C=CC(=O)N[C@@H](CO)c2ccc3ccccc3c2)c1. The van der Waals surface area contributed by atoms with Crippen LogP contribution in [0.4, 0.5) is 0 Å². The first-order chi connectivity index (χ1) is 12.2. The third-order valence-electron chi connectivity index (χ3n) is 4.14. The molecule has 0 aromatic heterocycles. The first-order valence-corrected chi connectivity index (χ1v) is 8.30. The normalized spacial score (nSPS) is 12.4. The first kappa shape index (κ1) is 16.9. The number of aryl methyl sites for hydroxylation is 1. The van der Waals surface area contributed by atoms with Crippen LogP contribution in [0.2, 0.25) is 0 Å². The summed E-state index contributed by atoms with van der Waals surface area (Å²) in [6, 6.07) is 21.5. The summed E-state index contributed by atoms with van der Waals surface area (Å²) in [6.07, 6.45) is 3.27. The average molecular weight is 331 g/mol. The van der Waals surface area contributed by atoms with Crippen molar-refractivity contribution in [3.05, 3.63) is 89.5 Å². The van der Waals surface area contributed by atoms with Gasteiger partial charge >= 0.3 is 0 Å². The fourth-order valence-corrected chi connectivity index (χ4v) is 2.82. The van der Waals surface area contributed by atoms with Crippen LogP contribution in [0.3, 0.4) is 0 Å². The third kappa shape index (κ3) is 4.34. The fraction of sp³-hybridized carbons (Fsp3) is 0.136. The number of amides is 1. The zero-order valence-corrected chi connectivity index (χ0v) is 14.1. The Morgan fingerprint density at radius 2 is 1.84 bits per heavy atom. The molecule has 0 saturated carbocycles. The Balaban J connectivity index is 1.73. The van der Waals surface area contributed by atoms with Crippen molar-refractivity contribution in [2.24, 2.45) is 0 Å². The lowest BCUT2D eigenvalue weighted by molar-refractivity contribution is -0.117. The summed E-state index contributed by atoms with van der Waals surface area (Å²) in [5, 5.41) is 14.8. The highest BCUT2D eigenvalue weighted by atomic mass is 16.3. The van der Waals surface area contributed by atoms with E-state index in [0.29, 0.717) is 0 Å². The summed E-state index contributed by atoms with van der Waals surface area (Å²) in [4.78, 5) is 12.2. The van der Waals surface area contributed by atoms with Gasteiger partial charge in [0.05, 0.1) is 12.6 Å². The van der Waals surface area contributed by atoms with Gasteiger partial charge in [0, 0.05) is 6.08 Å². The Labute approximate surface area is 147 Å². The Hall–Kier alpha value is -2.91. The Morgan fingerprint density at radius 3 is 2.60 bits per heavy atom. The predicted octanol–water partition coefficient (Wildman–Crippen LogP) is 4.01. The van der Waals surface area contributed by atoms with E-state index in [1.165, 1.54) is 6.08 Å². The van der Waals surface area contributed by atoms with Crippen LogP contribution in [-0.4, -0.2) is 17.6 Å². The predicted molar refractivity (Wildman–Crippen MR) is 102 cm³/mol. The van der Waals surface area contributed by atoms with Crippen LogP contribution in [0.15, 0.2) is 72.8 Å². The lowest BCUT2D eigenvalue weighted by atomic mass is 10.0. The first-order valence-electron chi connectivity index (χ1n) is 8.30. The monoisotopic (exact) mass is 331 g/mol. The summed E-state index contributed by atoms with van der Waals surface area (Å²) in [7, 11) is 0. The second kappa shape index (κ2) is 7.77. The van der Waals surface area contributed by atoms with Gasteiger partial charge in [-0.1, -0.05) is 66.2 Å². The standard InChI is InChI=1S/C22H21NO2/c1-16-5-4-6-17(13-16)9-12-22(25)23-21(15-24)20-11-10-18-7-2-3-8-19(18)14-20/h2-14,21,24H,15H2,1H3,(H,23,25)/t21-/m0/s1. The second-order valence-corrected chi connectivity index (χ2v) is 6.10. The zero-order valence-electron chi connectivity index (χ0n) is 14.1. The molecule has 0 spiro atoms. The van der Waals surface area contributed by atoms with E-state index in [9.17, 15) is 9.90 Å². The number of nitrogens with one attached hydrogen (secondary N) is 1. The minimum absolute atomic E-state index is 0.150. The molecule has 1 atom stereocenters. The topological polar surface area (TPSA) is 49.3 Å². The van der Waals surface area contributed by atoms with E-state index in [1.54, 1.807) is 6.08 Å². The van der Waals surface area contributed by atoms with Gasteiger partial charge in [-0.2, -0.15) is 0 Å². The molecule has 0 aliphatic carbocycles. The van der Waals surface area contributed by atoms with Gasteiger partial charge in [-0.3, -0.25) is 4.79 Å². The van der Waals surface area contributed by atoms with Crippen LogP contribution in [0, 0.1) is 6.92 Å². The van der Waals surface area contributed by atoms with E-state index in [4.69, 9.17) is 0 Å². The minimum atomic E-state index is -0.431. The van der Waals surface area contributed by atoms with Crippen molar-refractivity contribution in [3.63, 3.8) is 0 Å². The van der Waals surface area contributed by atoms with Gasteiger partial charge in [0.1, 0.15) is 0 Å². The van der Waals surface area contributed by atoms with Crippen LogP contribution < -0.4 is 5.32 Å². The largest absolute Gasteiger partial charge is 0.394 e. The zero-order chi connectivity index (χ0) is 17.6. The van der Waals surface area contributed by atoms with Crippen molar-refractivity contribution in [1.29, 1.82) is 0 Å². The van der Waals surface area contributed by atoms with Crippen molar-refractivity contribution >= 4 is 22.8 Å². The van der Waals surface area contributed by atoms with Gasteiger partial charge in [0.2, 0.25) is 5.91 Å². The number of hydrogen-bond acceptors (Lipinski definition) is 2. The number of benzene rings is 3. The molecule has 0 bridgehead atoms. The van der Waals surface area contributed by atoms with E-state index >= 15 is 0 Å². The smallest absolute Gasteiger partial charge is 0.244 e. The highest BCUT2D eigenvalue weighted by Gasteiger charge is 2.12. The van der Waals surface area contributed by atoms with Gasteiger partial charge in [-0.05, 0) is 41.0 Å². The second-order valence-electron chi connectivity index (χ2n) is 6.10. The van der Waals surface area contributed by atoms with E-state index in [2.05, 4.69) is 5.32 Å². The summed E-state index contributed by atoms with van der Waals surface area (Å²) in [6.45, 7) is 1.86. The average Bonchev–Trinajstić information content (AvgIpc) is 2.64. The van der Waals surface area contributed by atoms with Crippen molar-refractivity contribution in [3.8, 4) is 0 Å². The van der Waals surface area contributed by atoms with Gasteiger partial charge in [0.25, 0.3) is 0 Å². The lowest BCUT2D eigenvalue weighted by Crippen LogP contribution is -2.29. The summed E-state index contributed by atoms with van der Waals surface area (Å²) >= 11 is 0. The van der Waals surface area contributed by atoms with E-state index in [1.807, 2.05) is 73.7 Å². The van der Waals surface area contributed by atoms with Crippen LogP contribution in [-0.2, 0) is 4.79 Å². The van der Waals surface area contributed by atoms with Crippen LogP contribution in [0.5, 0.6) is 0 Å². The molecule has 0 aliphatic rings. The van der Waals surface area contributed by atoms with Crippen molar-refractivity contribution in [2.75, 3.05) is 6.61 Å². The molecule has 0 fully saturated rings. The molecule has 25 heavy (non-hydrogen) atoms. The maximum Gasteiger partial charge on any atom is 0.244 e.